The molecule has 5 nitrogen and oxygen atoms in total. The van der Waals surface area contributed by atoms with Gasteiger partial charge in [0.05, 0.1) is 6.61 Å². The Morgan fingerprint density at radius 1 is 1.30 bits per heavy atom. The zero-order chi connectivity index (χ0) is 14.4. The molecule has 0 atom stereocenters. The highest BCUT2D eigenvalue weighted by molar-refractivity contribution is 7.89. The second-order valence-corrected chi connectivity index (χ2v) is 7.07. The Labute approximate surface area is 120 Å². The summed E-state index contributed by atoms with van der Waals surface area (Å²) < 4.78 is 26.6. The number of pyridine rings is 1. The van der Waals surface area contributed by atoms with Crippen molar-refractivity contribution >= 4 is 10.0 Å². The largest absolute Gasteiger partial charge is 0.392 e. The number of sulfonamides is 1. The first-order valence-electron chi connectivity index (χ1n) is 7.17. The van der Waals surface area contributed by atoms with Crippen molar-refractivity contribution in [1.29, 1.82) is 0 Å². The lowest BCUT2D eigenvalue weighted by molar-refractivity contribution is 0.281. The van der Waals surface area contributed by atoms with Crippen LogP contribution in [0.5, 0.6) is 0 Å². The number of nitrogens with zero attached hydrogens (tertiary/aromatic N) is 1. The van der Waals surface area contributed by atoms with E-state index in [0.717, 1.165) is 18.8 Å². The van der Waals surface area contributed by atoms with E-state index in [0.29, 0.717) is 12.1 Å². The van der Waals surface area contributed by atoms with Crippen molar-refractivity contribution in [1.82, 2.24) is 9.71 Å². The highest BCUT2D eigenvalue weighted by atomic mass is 32.2. The van der Waals surface area contributed by atoms with Gasteiger partial charge in [-0.25, -0.2) is 18.1 Å². The van der Waals surface area contributed by atoms with Gasteiger partial charge in [0.1, 0.15) is 0 Å². The third-order valence-corrected chi connectivity index (χ3v) is 5.19. The van der Waals surface area contributed by atoms with Crippen LogP contribution in [0.15, 0.2) is 23.4 Å². The molecule has 0 aromatic carbocycles. The molecular weight excluding hydrogens is 276 g/mol. The summed E-state index contributed by atoms with van der Waals surface area (Å²) in [6.45, 7) is 0.324. The maximum Gasteiger partial charge on any atom is 0.258 e. The molecule has 0 aliphatic heterocycles. The number of nitrogens with one attached hydrogen (secondary N) is 1. The minimum absolute atomic E-state index is 0.00978. The number of hydrogen-bond acceptors (Lipinski definition) is 4. The Morgan fingerprint density at radius 2 is 2.05 bits per heavy atom. The van der Waals surface area contributed by atoms with E-state index in [-0.39, 0.29) is 11.6 Å². The van der Waals surface area contributed by atoms with Crippen LogP contribution in [-0.2, 0) is 16.6 Å². The van der Waals surface area contributed by atoms with Crippen LogP contribution in [0.1, 0.15) is 44.1 Å². The van der Waals surface area contributed by atoms with Gasteiger partial charge in [-0.2, -0.15) is 0 Å². The predicted molar refractivity (Wildman–Crippen MR) is 76.5 cm³/mol. The molecule has 1 saturated carbocycles. The lowest BCUT2D eigenvalue weighted by Crippen LogP contribution is -2.26. The van der Waals surface area contributed by atoms with Gasteiger partial charge in [0.2, 0.25) is 0 Å². The molecule has 1 aliphatic carbocycles. The summed E-state index contributed by atoms with van der Waals surface area (Å²) in [5, 5.41) is 8.91. The molecule has 0 radical (unpaired) electrons. The van der Waals surface area contributed by atoms with Crippen molar-refractivity contribution in [2.75, 3.05) is 6.54 Å². The molecule has 1 fully saturated rings. The second-order valence-electron chi connectivity index (χ2n) is 5.35. The first kappa shape index (κ1) is 15.4. The SMILES string of the molecule is O=S(=O)(NCCCC1CCCC1)c1ccc(CO)cn1. The van der Waals surface area contributed by atoms with Gasteiger partial charge in [0.25, 0.3) is 10.0 Å². The lowest BCUT2D eigenvalue weighted by Gasteiger charge is -2.09. The first-order chi connectivity index (χ1) is 9.62. The summed E-state index contributed by atoms with van der Waals surface area (Å²) in [4.78, 5) is 3.87. The molecule has 6 heteroatoms. The standard InChI is InChI=1S/C14H22N2O3S/c17-11-13-7-8-14(15-10-13)20(18,19)16-9-3-6-12-4-1-2-5-12/h7-8,10,12,16-17H,1-6,9,11H2. The molecule has 0 bridgehead atoms. The fourth-order valence-corrected chi connectivity index (χ4v) is 3.63. The molecule has 1 aromatic heterocycles. The molecule has 1 aliphatic rings. The fraction of sp³-hybridized carbons (Fsp3) is 0.643. The topological polar surface area (TPSA) is 79.3 Å². The minimum Gasteiger partial charge on any atom is -0.392 e. The van der Waals surface area contributed by atoms with Gasteiger partial charge in [0, 0.05) is 12.7 Å². The van der Waals surface area contributed by atoms with Crippen LogP contribution in [0.25, 0.3) is 0 Å². The maximum absolute atomic E-state index is 12.0. The van der Waals surface area contributed by atoms with Gasteiger partial charge in [-0.3, -0.25) is 0 Å². The van der Waals surface area contributed by atoms with Crippen molar-refractivity contribution in [3.8, 4) is 0 Å². The van der Waals surface area contributed by atoms with Gasteiger partial charge < -0.3 is 5.11 Å². The number of aromatic nitrogens is 1. The minimum atomic E-state index is -3.52. The molecule has 1 heterocycles. The number of aliphatic hydroxyl groups is 1. The van der Waals surface area contributed by atoms with Crippen LogP contribution < -0.4 is 4.72 Å². The number of hydrogen-bond donors (Lipinski definition) is 2. The van der Waals surface area contributed by atoms with Crippen molar-refractivity contribution in [3.63, 3.8) is 0 Å². The number of rotatable bonds is 7. The van der Waals surface area contributed by atoms with E-state index in [1.54, 1.807) is 6.07 Å². The highest BCUT2D eigenvalue weighted by Crippen LogP contribution is 2.28. The average molecular weight is 298 g/mol. The smallest absolute Gasteiger partial charge is 0.258 e. The molecule has 0 saturated heterocycles. The van der Waals surface area contributed by atoms with Crippen molar-refractivity contribution in [2.45, 2.75) is 50.2 Å². The summed E-state index contributed by atoms with van der Waals surface area (Å²) >= 11 is 0. The molecule has 0 amide bonds. The van der Waals surface area contributed by atoms with Crippen LogP contribution in [0.3, 0.4) is 0 Å². The zero-order valence-electron chi connectivity index (χ0n) is 11.6. The Balaban J connectivity index is 1.80. The van der Waals surface area contributed by atoms with Gasteiger partial charge >= 0.3 is 0 Å². The van der Waals surface area contributed by atoms with E-state index >= 15 is 0 Å². The Kier molecular flexibility index (Phi) is 5.51. The first-order valence-corrected chi connectivity index (χ1v) is 8.65. The normalized spacial score (nSPS) is 16.6. The average Bonchev–Trinajstić information content (AvgIpc) is 2.97. The highest BCUT2D eigenvalue weighted by Gasteiger charge is 2.17. The summed E-state index contributed by atoms with van der Waals surface area (Å²) in [7, 11) is -3.52. The lowest BCUT2D eigenvalue weighted by atomic mass is 10.0. The third kappa shape index (κ3) is 4.26. The van der Waals surface area contributed by atoms with E-state index in [2.05, 4.69) is 9.71 Å². The van der Waals surface area contributed by atoms with Crippen molar-refractivity contribution < 1.29 is 13.5 Å². The molecule has 2 N–H and O–H groups in total. The van der Waals surface area contributed by atoms with E-state index in [9.17, 15) is 8.42 Å². The maximum atomic E-state index is 12.0. The molecule has 2 rings (SSSR count). The van der Waals surface area contributed by atoms with Gasteiger partial charge in [-0.15, -0.1) is 0 Å². The summed E-state index contributed by atoms with van der Waals surface area (Å²) in [6, 6.07) is 2.99. The fourth-order valence-electron chi connectivity index (χ4n) is 2.63. The monoisotopic (exact) mass is 298 g/mol. The molecule has 112 valence electrons. The number of aliphatic hydroxyl groups excluding tert-OH is 1. The summed E-state index contributed by atoms with van der Waals surface area (Å²) in [5.41, 5.74) is 0.602. The Morgan fingerprint density at radius 3 is 2.65 bits per heavy atom. The third-order valence-electron chi connectivity index (χ3n) is 3.81. The van der Waals surface area contributed by atoms with Gasteiger partial charge in [-0.05, 0) is 30.4 Å². The molecule has 0 unspecified atom stereocenters. The van der Waals surface area contributed by atoms with Crippen LogP contribution in [0.4, 0.5) is 0 Å². The Hall–Kier alpha value is -0.980. The Bertz CT molecular complexity index is 508. The molecule has 20 heavy (non-hydrogen) atoms. The van der Waals surface area contributed by atoms with E-state index < -0.39 is 10.0 Å². The van der Waals surface area contributed by atoms with E-state index in [1.807, 2.05) is 0 Å². The molecular formula is C14H22N2O3S. The van der Waals surface area contributed by atoms with Crippen LogP contribution in [0.2, 0.25) is 0 Å². The predicted octanol–water partition coefficient (Wildman–Crippen LogP) is 1.82. The quantitative estimate of drug-likeness (QED) is 0.753. The van der Waals surface area contributed by atoms with E-state index in [1.165, 1.54) is 37.9 Å². The zero-order valence-corrected chi connectivity index (χ0v) is 12.4. The van der Waals surface area contributed by atoms with Crippen molar-refractivity contribution in [2.24, 2.45) is 5.92 Å². The summed E-state index contributed by atoms with van der Waals surface area (Å²) in [6.07, 6.45) is 8.56. The molecule has 0 spiro atoms. The van der Waals surface area contributed by atoms with Crippen LogP contribution in [-0.4, -0.2) is 25.1 Å². The van der Waals surface area contributed by atoms with Crippen LogP contribution in [0, 0.1) is 5.92 Å². The van der Waals surface area contributed by atoms with Crippen LogP contribution >= 0.6 is 0 Å². The summed E-state index contributed by atoms with van der Waals surface area (Å²) in [5.74, 6) is 0.779. The second kappa shape index (κ2) is 7.15. The molecule has 1 aromatic rings. The van der Waals surface area contributed by atoms with Crippen molar-refractivity contribution in [3.05, 3.63) is 23.9 Å². The van der Waals surface area contributed by atoms with E-state index in [4.69, 9.17) is 5.11 Å². The van der Waals surface area contributed by atoms with Gasteiger partial charge in [0.15, 0.2) is 5.03 Å². The van der Waals surface area contributed by atoms with Gasteiger partial charge in [-0.1, -0.05) is 31.7 Å².